The maximum atomic E-state index is 11.5. The van der Waals surface area contributed by atoms with E-state index < -0.39 is 0 Å². The Hall–Kier alpha value is -0.820. The van der Waals surface area contributed by atoms with Gasteiger partial charge in [0, 0.05) is 25.7 Å². The summed E-state index contributed by atoms with van der Waals surface area (Å²) in [6.07, 6.45) is -0.351. The van der Waals surface area contributed by atoms with Crippen LogP contribution in [0.1, 0.15) is 19.4 Å². The minimum absolute atomic E-state index is 0. The number of hydrogen-bond acceptors (Lipinski definition) is 2. The third kappa shape index (κ3) is 4.34. The lowest BCUT2D eigenvalue weighted by Gasteiger charge is -2.33. The molecule has 5 heteroatoms. The van der Waals surface area contributed by atoms with Crippen LogP contribution in [0.15, 0.2) is 18.2 Å². The molecule has 20 heavy (non-hydrogen) atoms. The number of carbonyl (C=O) groups excluding carboxylic acids is 1. The van der Waals surface area contributed by atoms with Crippen LogP contribution in [0.25, 0.3) is 0 Å². The third-order valence-corrected chi connectivity index (χ3v) is 3.72. The Bertz CT molecular complexity index is 457. The van der Waals surface area contributed by atoms with Gasteiger partial charge in [0.1, 0.15) is 11.4 Å². The van der Waals surface area contributed by atoms with Gasteiger partial charge < -0.3 is 33.6 Å². The fourth-order valence-corrected chi connectivity index (χ4v) is 2.05. The number of aryl methyl sites for hydroxylation is 1. The molecule has 0 saturated carbocycles. The third-order valence-electron chi connectivity index (χ3n) is 3.72. The summed E-state index contributed by atoms with van der Waals surface area (Å²) in [4.78, 5) is 12.9. The molecule has 0 heterocycles. The highest BCUT2D eigenvalue weighted by molar-refractivity contribution is 5.70. The molecule has 0 bridgehead atoms. The van der Waals surface area contributed by atoms with Gasteiger partial charge in [-0.25, -0.2) is 4.79 Å². The highest BCUT2D eigenvalue weighted by atomic mass is 127. The summed E-state index contributed by atoms with van der Waals surface area (Å²) in [5.41, 5.74) is 2.42. The molecule has 4 nitrogen and oxygen atoms in total. The van der Waals surface area contributed by atoms with Crippen LogP contribution in [0.4, 0.5) is 10.5 Å². The quantitative estimate of drug-likeness (QED) is 0.535. The maximum absolute atomic E-state index is 11.5. The van der Waals surface area contributed by atoms with Gasteiger partial charge in [-0.1, -0.05) is 0 Å². The Balaban J connectivity index is 0.00000361. The molecule has 0 aromatic heterocycles. The molecule has 0 unspecified atom stereocenters. The second kappa shape index (κ2) is 7.83. The molecular formula is C15H25IN2O2. The molecule has 0 spiro atoms. The van der Waals surface area contributed by atoms with Crippen LogP contribution in [0.3, 0.4) is 0 Å². The van der Waals surface area contributed by atoms with Gasteiger partial charge in [-0.3, -0.25) is 4.48 Å². The summed E-state index contributed by atoms with van der Waals surface area (Å²) in [5.74, 6) is 0.596. The summed E-state index contributed by atoms with van der Waals surface area (Å²) in [6.45, 7) is 8.50. The molecule has 1 rings (SSSR count). The minimum atomic E-state index is -0.351. The minimum Gasteiger partial charge on any atom is -1.00 e. The lowest BCUT2D eigenvalue weighted by molar-refractivity contribution is -0.00000936. The van der Waals surface area contributed by atoms with E-state index in [1.165, 1.54) is 10.6 Å². The first-order chi connectivity index (χ1) is 8.84. The van der Waals surface area contributed by atoms with Crippen LogP contribution in [0.2, 0.25) is 0 Å². The lowest BCUT2D eigenvalue weighted by Crippen LogP contribution is -3.00. The summed E-state index contributed by atoms with van der Waals surface area (Å²) < 4.78 is 6.15. The van der Waals surface area contributed by atoms with Crippen LogP contribution in [-0.2, 0) is 0 Å². The van der Waals surface area contributed by atoms with Crippen molar-refractivity contribution in [1.82, 2.24) is 9.38 Å². The van der Waals surface area contributed by atoms with E-state index in [-0.39, 0.29) is 30.1 Å². The van der Waals surface area contributed by atoms with Crippen LogP contribution >= 0.6 is 0 Å². The van der Waals surface area contributed by atoms with Crippen molar-refractivity contribution in [3.05, 3.63) is 23.8 Å². The number of quaternary nitrogens is 1. The Kier molecular flexibility index (Phi) is 7.51. The molecule has 0 saturated heterocycles. The van der Waals surface area contributed by atoms with Crippen LogP contribution < -0.4 is 33.2 Å². The number of hydrogen-bond donors (Lipinski definition) is 0. The first-order valence-corrected chi connectivity index (χ1v) is 6.69. The fraction of sp³-hybridized carbons (Fsp3) is 0.533. The van der Waals surface area contributed by atoms with Gasteiger partial charge >= 0.3 is 6.09 Å². The van der Waals surface area contributed by atoms with E-state index >= 15 is 0 Å². The Labute approximate surface area is 139 Å². The van der Waals surface area contributed by atoms with Gasteiger partial charge in [-0.15, -0.1) is 0 Å². The Morgan fingerprint density at radius 1 is 1.25 bits per heavy atom. The van der Waals surface area contributed by atoms with Gasteiger partial charge in [0.05, 0.1) is 20.1 Å². The van der Waals surface area contributed by atoms with Crippen molar-refractivity contribution >= 4 is 11.8 Å². The molecule has 0 N–H and O–H groups in total. The first kappa shape index (κ1) is 19.2. The Morgan fingerprint density at radius 2 is 1.80 bits per heavy atom. The molecule has 0 aliphatic heterocycles. The van der Waals surface area contributed by atoms with E-state index in [0.717, 1.165) is 23.1 Å². The first-order valence-electron chi connectivity index (χ1n) is 6.69. The largest absolute Gasteiger partial charge is 1.00 e. The van der Waals surface area contributed by atoms with E-state index in [4.69, 9.17) is 4.74 Å². The maximum Gasteiger partial charge on any atom is 0.414 e. The molecule has 114 valence electrons. The van der Waals surface area contributed by atoms with Crippen molar-refractivity contribution in [3.63, 3.8) is 0 Å². The summed E-state index contributed by atoms with van der Waals surface area (Å²) in [6, 6.07) is 5.85. The normalized spacial score (nSPS) is 10.7. The van der Waals surface area contributed by atoms with E-state index in [1.807, 2.05) is 12.1 Å². The summed E-state index contributed by atoms with van der Waals surface area (Å²) in [5, 5.41) is 0. The molecule has 1 amide bonds. The highest BCUT2D eigenvalue weighted by Crippen LogP contribution is 2.28. The van der Waals surface area contributed by atoms with E-state index in [2.05, 4.69) is 33.9 Å². The number of rotatable bonds is 4. The van der Waals surface area contributed by atoms with Crippen LogP contribution in [-0.4, -0.2) is 45.2 Å². The zero-order valence-corrected chi connectivity index (χ0v) is 15.4. The number of amides is 1. The van der Waals surface area contributed by atoms with Crippen LogP contribution in [0, 0.1) is 6.92 Å². The standard InChI is InChI=1S/C15H25N2O2.HI/c1-7-17(6,8-2)14-10-9-13(11-12(14)3)19-15(18)16(4)5;/h9-11H,7-8H2,1-6H3;1H/q+1;/p-1. The predicted octanol–water partition coefficient (Wildman–Crippen LogP) is 0.0363. The van der Waals surface area contributed by atoms with Gasteiger partial charge in [0.25, 0.3) is 0 Å². The van der Waals surface area contributed by atoms with Gasteiger partial charge in [0.15, 0.2) is 0 Å². The molecule has 0 atom stereocenters. The molecule has 0 aliphatic rings. The van der Waals surface area contributed by atoms with Crippen molar-refractivity contribution in [3.8, 4) is 5.75 Å². The molecule has 0 radical (unpaired) electrons. The zero-order valence-electron chi connectivity index (χ0n) is 13.2. The fourth-order valence-electron chi connectivity index (χ4n) is 2.05. The van der Waals surface area contributed by atoms with Crippen LogP contribution in [0.5, 0.6) is 5.75 Å². The van der Waals surface area contributed by atoms with E-state index in [9.17, 15) is 4.79 Å². The van der Waals surface area contributed by atoms with Crippen molar-refractivity contribution in [2.45, 2.75) is 20.8 Å². The summed E-state index contributed by atoms with van der Waals surface area (Å²) >= 11 is 0. The second-order valence-electron chi connectivity index (χ2n) is 5.24. The second-order valence-corrected chi connectivity index (χ2v) is 5.24. The number of carbonyl (C=O) groups is 1. The summed E-state index contributed by atoms with van der Waals surface area (Å²) in [7, 11) is 5.56. The molecular weight excluding hydrogens is 367 g/mol. The van der Waals surface area contributed by atoms with Gasteiger partial charge in [0.2, 0.25) is 0 Å². The molecule has 1 aromatic rings. The number of halogens is 1. The van der Waals surface area contributed by atoms with Crippen molar-refractivity contribution in [1.29, 1.82) is 0 Å². The monoisotopic (exact) mass is 392 g/mol. The van der Waals surface area contributed by atoms with Crippen molar-refractivity contribution in [2.24, 2.45) is 0 Å². The number of nitrogens with zero attached hydrogens (tertiary/aromatic N) is 2. The predicted molar refractivity (Wildman–Crippen MR) is 79.7 cm³/mol. The van der Waals surface area contributed by atoms with E-state index in [0.29, 0.717) is 5.75 Å². The van der Waals surface area contributed by atoms with E-state index in [1.54, 1.807) is 14.1 Å². The molecule has 0 fully saturated rings. The van der Waals surface area contributed by atoms with Gasteiger partial charge in [-0.05, 0) is 32.9 Å². The van der Waals surface area contributed by atoms with Crippen molar-refractivity contribution in [2.75, 3.05) is 34.2 Å². The number of benzene rings is 1. The highest BCUT2D eigenvalue weighted by Gasteiger charge is 2.23. The number of ether oxygens (including phenoxy) is 1. The smallest absolute Gasteiger partial charge is 0.414 e. The average molecular weight is 392 g/mol. The Morgan fingerprint density at radius 3 is 2.20 bits per heavy atom. The molecule has 1 aromatic carbocycles. The zero-order chi connectivity index (χ0) is 14.6. The lowest BCUT2D eigenvalue weighted by atomic mass is 10.1. The topological polar surface area (TPSA) is 29.5 Å². The average Bonchev–Trinajstić information content (AvgIpc) is 2.37. The van der Waals surface area contributed by atoms with Gasteiger partial charge in [-0.2, -0.15) is 0 Å². The molecule has 0 aliphatic carbocycles. The van der Waals surface area contributed by atoms with Crippen molar-refractivity contribution < 1.29 is 33.5 Å². The SMILES string of the molecule is CC[N+](C)(CC)c1ccc(OC(=O)N(C)C)cc1C.[I-].